The Hall–Kier alpha value is -0.910. The van der Waals surface area contributed by atoms with Crippen molar-refractivity contribution >= 4 is 21.5 Å². The van der Waals surface area contributed by atoms with Crippen molar-refractivity contribution in [2.75, 3.05) is 34.3 Å². The normalized spacial score (nSPS) is 37.8. The fourth-order valence-corrected chi connectivity index (χ4v) is 13.3. The van der Waals surface area contributed by atoms with Crippen molar-refractivity contribution < 1.29 is 63.5 Å². The van der Waals surface area contributed by atoms with Gasteiger partial charge in [0.1, 0.15) is 36.3 Å². The lowest BCUT2D eigenvalue weighted by Crippen LogP contribution is -2.60. The zero-order valence-electron chi connectivity index (χ0n) is 50.9. The lowest BCUT2D eigenvalue weighted by molar-refractivity contribution is -0.318. The van der Waals surface area contributed by atoms with Crippen LogP contribution in [0.25, 0.3) is 0 Å². The molecule has 3 rings (SSSR count). The third-order valence-electron chi connectivity index (χ3n) is 18.0. The molecule has 0 spiro atoms. The molecule has 2 unspecified atom stereocenters. The summed E-state index contributed by atoms with van der Waals surface area (Å²) in [7, 11) is 8.44. The van der Waals surface area contributed by atoms with Crippen LogP contribution in [-0.2, 0) is 38.0 Å². The van der Waals surface area contributed by atoms with Crippen LogP contribution in [0.4, 0.5) is 0 Å². The standard InChI is InChI=1S/C61H117N2O13P/c1-14-50-61(10,70)54(66)46(6)63(36-32-28-24-20-17-19-23-27-31-35-48(77)34-30-26-22-18-15-16-21-25-29-33-37-64)41-42(2)39-59(8,69)56(76-58-52(65)49(62(11)12)38-43(3)72-58)44(4)53(45(5)57(68)74-50)75-51-40-60(9,71-13)55(67)47(7)73-51/h37,42-56,58,65-67,69-70H,14-36,38-41,77H2,1-13H3/t42-,43-,44+,45-,46-,47+,48?,49+,50-,51+,52-,53+,54-,55+,56-,58+,59-,60-,61-/m1/s1. The van der Waals surface area contributed by atoms with Gasteiger partial charge < -0.3 is 63.6 Å². The highest BCUT2D eigenvalue weighted by Crippen LogP contribution is 2.40. The molecule has 0 radical (unpaired) electrons. The monoisotopic (exact) mass is 1120 g/mol. The van der Waals surface area contributed by atoms with E-state index in [1.165, 1.54) is 110 Å². The summed E-state index contributed by atoms with van der Waals surface area (Å²) in [5.74, 6) is -2.61. The molecule has 0 aromatic heterocycles. The number of carbonyl (C=O) groups is 2. The summed E-state index contributed by atoms with van der Waals surface area (Å²) in [6.07, 6.45) is 18.1. The van der Waals surface area contributed by atoms with Crippen molar-refractivity contribution in [2.45, 2.75) is 326 Å². The lowest BCUT2D eigenvalue weighted by Gasteiger charge is -2.48. The third-order valence-corrected chi connectivity index (χ3v) is 18.6. The first-order valence-electron chi connectivity index (χ1n) is 30.8. The van der Waals surface area contributed by atoms with Crippen LogP contribution >= 0.6 is 9.24 Å². The van der Waals surface area contributed by atoms with Crippen molar-refractivity contribution in [1.82, 2.24) is 9.80 Å². The minimum Gasteiger partial charge on any atom is -0.459 e. The number of hydrogen-bond donors (Lipinski definition) is 5. The molecule has 0 bridgehead atoms. The Morgan fingerprint density at radius 2 is 1.30 bits per heavy atom. The molecule has 77 heavy (non-hydrogen) atoms. The van der Waals surface area contributed by atoms with Crippen LogP contribution in [-0.4, -0.2) is 178 Å². The second-order valence-corrected chi connectivity index (χ2v) is 26.3. The summed E-state index contributed by atoms with van der Waals surface area (Å²) in [6.45, 7) is 19.3. The summed E-state index contributed by atoms with van der Waals surface area (Å²) in [6, 6.07) is -0.817. The Morgan fingerprint density at radius 1 is 0.766 bits per heavy atom. The summed E-state index contributed by atoms with van der Waals surface area (Å²) >= 11 is 0. The summed E-state index contributed by atoms with van der Waals surface area (Å²) in [5, 5.41) is 60.3. The average molecular weight is 1120 g/mol. The van der Waals surface area contributed by atoms with Gasteiger partial charge in [0.05, 0.1) is 41.5 Å². The van der Waals surface area contributed by atoms with Gasteiger partial charge in [0.25, 0.3) is 0 Å². The zero-order valence-corrected chi connectivity index (χ0v) is 52.0. The van der Waals surface area contributed by atoms with E-state index in [4.69, 9.17) is 28.4 Å². The minimum absolute atomic E-state index is 0.131. The van der Waals surface area contributed by atoms with Crippen LogP contribution < -0.4 is 0 Å². The number of hydrogen-bond acceptors (Lipinski definition) is 15. The van der Waals surface area contributed by atoms with E-state index >= 15 is 0 Å². The topological polar surface area (TPSA) is 197 Å². The first kappa shape index (κ1) is 70.4. The maximum atomic E-state index is 14.6. The van der Waals surface area contributed by atoms with Gasteiger partial charge in [0.15, 0.2) is 12.6 Å². The van der Waals surface area contributed by atoms with Crippen molar-refractivity contribution in [3.63, 3.8) is 0 Å². The quantitative estimate of drug-likeness (QED) is 0.0190. The first-order valence-corrected chi connectivity index (χ1v) is 31.5. The highest BCUT2D eigenvalue weighted by Gasteiger charge is 2.53. The van der Waals surface area contributed by atoms with E-state index in [-0.39, 0.29) is 37.3 Å². The number of carbonyl (C=O) groups excluding carboxylic acids is 2. The third kappa shape index (κ3) is 22.6. The molecule has 0 saturated carbocycles. The fourth-order valence-electron chi connectivity index (χ4n) is 12.9. The van der Waals surface area contributed by atoms with E-state index < -0.39 is 96.0 Å². The number of methoxy groups -OCH3 is 1. The van der Waals surface area contributed by atoms with Crippen LogP contribution in [0.5, 0.6) is 0 Å². The average Bonchev–Trinajstić information content (AvgIpc) is 3.37. The molecule has 0 aliphatic carbocycles. The molecule has 0 aromatic carbocycles. The Balaban J connectivity index is 1.72. The molecule has 20 atom stereocenters. The molecule has 0 amide bonds. The number of aliphatic hydroxyl groups is 5. The maximum absolute atomic E-state index is 14.6. The summed E-state index contributed by atoms with van der Waals surface area (Å²) in [4.78, 5) is 29.2. The number of ether oxygens (including phenoxy) is 6. The number of nitrogens with zero attached hydrogens (tertiary/aromatic N) is 2. The Bertz CT molecular complexity index is 1610. The molecule has 3 fully saturated rings. The number of rotatable bonds is 31. The van der Waals surface area contributed by atoms with Gasteiger partial charge in [-0.2, -0.15) is 0 Å². The number of esters is 1. The van der Waals surface area contributed by atoms with Crippen molar-refractivity contribution in [2.24, 2.45) is 17.8 Å². The molecule has 16 heteroatoms. The molecule has 454 valence electrons. The van der Waals surface area contributed by atoms with E-state index in [1.54, 1.807) is 34.6 Å². The van der Waals surface area contributed by atoms with Gasteiger partial charge in [-0.1, -0.05) is 124 Å². The Labute approximate surface area is 470 Å². The second-order valence-electron chi connectivity index (χ2n) is 25.4. The van der Waals surface area contributed by atoms with Crippen LogP contribution in [0.3, 0.4) is 0 Å². The molecular weight excluding hydrogens is 1000 g/mol. The molecule has 0 aromatic rings. The minimum atomic E-state index is -1.83. The molecule has 3 aliphatic heterocycles. The predicted molar refractivity (Wildman–Crippen MR) is 310 cm³/mol. The number of likely N-dealkylation sites (N-methyl/N-ethyl adjacent to an activating group) is 1. The number of cyclic esters (lactones) is 1. The van der Waals surface area contributed by atoms with E-state index in [0.29, 0.717) is 25.9 Å². The van der Waals surface area contributed by atoms with E-state index in [2.05, 4.69) is 21.1 Å². The van der Waals surface area contributed by atoms with Gasteiger partial charge in [-0.3, -0.25) is 9.69 Å². The van der Waals surface area contributed by atoms with Crippen LogP contribution in [0.1, 0.15) is 230 Å². The number of aliphatic hydroxyl groups excluding tert-OH is 3. The second kappa shape index (κ2) is 35.3. The highest BCUT2D eigenvalue weighted by atomic mass is 31.0. The van der Waals surface area contributed by atoms with E-state index in [9.17, 15) is 35.1 Å². The summed E-state index contributed by atoms with van der Waals surface area (Å²) < 4.78 is 38.4. The first-order chi connectivity index (χ1) is 36.3. The summed E-state index contributed by atoms with van der Waals surface area (Å²) in [5.41, 5.74) is -3.72. The molecule has 15 nitrogen and oxygen atoms in total. The largest absolute Gasteiger partial charge is 0.459 e. The van der Waals surface area contributed by atoms with Crippen LogP contribution in [0, 0.1) is 17.8 Å². The van der Waals surface area contributed by atoms with Crippen molar-refractivity contribution in [3.05, 3.63) is 0 Å². The van der Waals surface area contributed by atoms with Crippen molar-refractivity contribution in [3.8, 4) is 0 Å². The van der Waals surface area contributed by atoms with Gasteiger partial charge >= 0.3 is 5.97 Å². The van der Waals surface area contributed by atoms with Crippen LogP contribution in [0.2, 0.25) is 0 Å². The van der Waals surface area contributed by atoms with Crippen LogP contribution in [0.15, 0.2) is 0 Å². The van der Waals surface area contributed by atoms with Gasteiger partial charge in [-0.25, -0.2) is 0 Å². The number of aldehydes is 1. The smallest absolute Gasteiger partial charge is 0.311 e. The predicted octanol–water partition coefficient (Wildman–Crippen LogP) is 9.91. The Morgan fingerprint density at radius 3 is 1.82 bits per heavy atom. The van der Waals surface area contributed by atoms with Gasteiger partial charge in [-0.15, -0.1) is 9.24 Å². The SMILES string of the molecule is CC[C@H]1OC(=O)[C@H](C)[C@@H](O[C@H]2C[C@@](C)(OC)[C@@H](O)[C@H](C)O2)[C@H](C)[C@@H](O[C@@H]2O[C@H](C)C[C@H](N(C)C)[C@H]2O)[C@](C)(O)C[C@@H](C)CN(CCCCCCCCCCCC(P)CCCCCCCCCCCC=O)[C@H](C)[C@@H](O)[C@]1(C)O. The molecular formula is C61H117N2O13P. The molecule has 3 saturated heterocycles. The maximum Gasteiger partial charge on any atom is 0.311 e. The van der Waals surface area contributed by atoms with E-state index in [0.717, 1.165) is 37.6 Å². The Kier molecular flexibility index (Phi) is 32.2. The van der Waals surface area contributed by atoms with E-state index in [1.807, 2.05) is 46.7 Å². The fraction of sp³-hybridized carbons (Fsp3) is 0.967. The van der Waals surface area contributed by atoms with Gasteiger partial charge in [0.2, 0.25) is 0 Å². The van der Waals surface area contributed by atoms with Gasteiger partial charge in [0, 0.05) is 44.5 Å². The molecule has 3 heterocycles. The van der Waals surface area contributed by atoms with Gasteiger partial charge in [-0.05, 0) is 126 Å². The number of unbranched alkanes of at least 4 members (excludes halogenated alkanes) is 17. The lowest BCUT2D eigenvalue weighted by atomic mass is 9.77. The van der Waals surface area contributed by atoms with Crippen molar-refractivity contribution in [1.29, 1.82) is 0 Å². The zero-order chi connectivity index (χ0) is 57.5. The highest BCUT2D eigenvalue weighted by molar-refractivity contribution is 7.17. The molecule has 5 N–H and O–H groups in total. The molecule has 3 aliphatic rings.